The predicted molar refractivity (Wildman–Crippen MR) is 74.0 cm³/mol. The monoisotopic (exact) mass is 276 g/mol. The van der Waals surface area contributed by atoms with Gasteiger partial charge in [0.05, 0.1) is 12.2 Å². The lowest BCUT2D eigenvalue weighted by Gasteiger charge is -2.09. The minimum absolute atomic E-state index is 0.126. The SMILES string of the molecule is Cc1ccc(C(C)Nc2nc3ccc(F)cn3n2)s1. The number of nitrogens with zero attached hydrogens (tertiary/aromatic N) is 3. The summed E-state index contributed by atoms with van der Waals surface area (Å²) in [4.78, 5) is 6.80. The second-order valence-corrected chi connectivity index (χ2v) is 5.72. The van der Waals surface area contributed by atoms with E-state index in [-0.39, 0.29) is 11.9 Å². The molecule has 0 fully saturated rings. The number of aryl methyl sites for hydroxylation is 1. The maximum atomic E-state index is 13.1. The summed E-state index contributed by atoms with van der Waals surface area (Å²) in [6.45, 7) is 4.13. The number of fused-ring (bicyclic) bond motifs is 1. The lowest BCUT2D eigenvalue weighted by atomic mass is 10.3. The fourth-order valence-electron chi connectivity index (χ4n) is 1.87. The Bertz CT molecular complexity index is 718. The molecule has 1 N–H and O–H groups in total. The number of hydrogen-bond donors (Lipinski definition) is 1. The highest BCUT2D eigenvalue weighted by atomic mass is 32.1. The molecule has 0 bridgehead atoms. The van der Waals surface area contributed by atoms with Gasteiger partial charge in [0.15, 0.2) is 5.65 Å². The van der Waals surface area contributed by atoms with Crippen LogP contribution in [0.25, 0.3) is 5.65 Å². The number of thiophene rings is 1. The topological polar surface area (TPSA) is 42.2 Å². The van der Waals surface area contributed by atoms with E-state index in [2.05, 4.69) is 41.4 Å². The van der Waals surface area contributed by atoms with Crippen molar-refractivity contribution in [3.05, 3.63) is 46.0 Å². The molecular weight excluding hydrogens is 263 g/mol. The van der Waals surface area contributed by atoms with Crippen molar-refractivity contribution >= 4 is 22.9 Å². The van der Waals surface area contributed by atoms with Gasteiger partial charge < -0.3 is 5.32 Å². The molecule has 3 aromatic heterocycles. The van der Waals surface area contributed by atoms with Crippen molar-refractivity contribution in [2.24, 2.45) is 0 Å². The molecule has 3 aromatic rings. The Morgan fingerprint density at radius 3 is 2.89 bits per heavy atom. The average molecular weight is 276 g/mol. The molecule has 0 spiro atoms. The quantitative estimate of drug-likeness (QED) is 0.797. The first-order valence-electron chi connectivity index (χ1n) is 5.96. The Morgan fingerprint density at radius 2 is 2.16 bits per heavy atom. The van der Waals surface area contributed by atoms with Crippen LogP contribution in [0.2, 0.25) is 0 Å². The molecule has 0 radical (unpaired) electrons. The zero-order valence-electron chi connectivity index (χ0n) is 10.6. The van der Waals surface area contributed by atoms with E-state index >= 15 is 0 Å². The van der Waals surface area contributed by atoms with Gasteiger partial charge in [0.25, 0.3) is 0 Å². The fourth-order valence-corrected chi connectivity index (χ4v) is 2.75. The van der Waals surface area contributed by atoms with Gasteiger partial charge >= 0.3 is 0 Å². The van der Waals surface area contributed by atoms with Crippen LogP contribution >= 0.6 is 11.3 Å². The highest BCUT2D eigenvalue weighted by molar-refractivity contribution is 7.12. The van der Waals surface area contributed by atoms with Gasteiger partial charge in [0.2, 0.25) is 5.95 Å². The van der Waals surface area contributed by atoms with Crippen molar-refractivity contribution < 1.29 is 4.39 Å². The molecule has 3 heterocycles. The van der Waals surface area contributed by atoms with Crippen molar-refractivity contribution in [1.82, 2.24) is 14.6 Å². The highest BCUT2D eigenvalue weighted by Gasteiger charge is 2.11. The van der Waals surface area contributed by atoms with E-state index in [4.69, 9.17) is 0 Å². The predicted octanol–water partition coefficient (Wildman–Crippen LogP) is 3.41. The van der Waals surface area contributed by atoms with Crippen LogP contribution in [0, 0.1) is 12.7 Å². The second-order valence-electron chi connectivity index (χ2n) is 4.40. The summed E-state index contributed by atoms with van der Waals surface area (Å²) >= 11 is 1.74. The number of pyridine rings is 1. The first-order chi connectivity index (χ1) is 9.11. The Kier molecular flexibility index (Phi) is 2.94. The van der Waals surface area contributed by atoms with E-state index in [1.807, 2.05) is 0 Å². The Balaban J connectivity index is 1.85. The molecule has 1 unspecified atom stereocenters. The number of anilines is 1. The Morgan fingerprint density at radius 1 is 1.32 bits per heavy atom. The van der Waals surface area contributed by atoms with Crippen LogP contribution in [-0.4, -0.2) is 14.6 Å². The van der Waals surface area contributed by atoms with Crippen LogP contribution in [0.3, 0.4) is 0 Å². The summed E-state index contributed by atoms with van der Waals surface area (Å²) in [7, 11) is 0. The standard InChI is InChI=1S/C13H13FN4S/c1-8-3-5-11(19-8)9(2)15-13-16-12-6-4-10(14)7-18(12)17-13/h3-7,9H,1-2H3,(H,15,17). The summed E-state index contributed by atoms with van der Waals surface area (Å²) in [5, 5.41) is 7.43. The zero-order valence-corrected chi connectivity index (χ0v) is 11.4. The molecule has 1 atom stereocenters. The lowest BCUT2D eigenvalue weighted by molar-refractivity contribution is 0.614. The van der Waals surface area contributed by atoms with Gasteiger partial charge in [-0.15, -0.1) is 16.4 Å². The summed E-state index contributed by atoms with van der Waals surface area (Å²) in [5.74, 6) is 0.176. The molecule has 0 aromatic carbocycles. The number of nitrogens with one attached hydrogen (secondary N) is 1. The third-order valence-corrected chi connectivity index (χ3v) is 4.01. The van der Waals surface area contributed by atoms with Crippen molar-refractivity contribution in [2.75, 3.05) is 5.32 Å². The molecule has 98 valence electrons. The maximum Gasteiger partial charge on any atom is 0.243 e. The van der Waals surface area contributed by atoms with Gasteiger partial charge in [0, 0.05) is 9.75 Å². The summed E-state index contributed by atoms with van der Waals surface area (Å²) in [6, 6.07) is 7.28. The van der Waals surface area contributed by atoms with Gasteiger partial charge in [-0.3, -0.25) is 0 Å². The molecule has 0 saturated carbocycles. The van der Waals surface area contributed by atoms with Crippen LogP contribution in [0.15, 0.2) is 30.5 Å². The molecule has 0 amide bonds. The van der Waals surface area contributed by atoms with Crippen LogP contribution < -0.4 is 5.32 Å². The molecule has 3 rings (SSSR count). The molecule has 0 saturated heterocycles. The fraction of sp³-hybridized carbons (Fsp3) is 0.231. The van der Waals surface area contributed by atoms with Gasteiger partial charge in [-0.05, 0) is 38.1 Å². The lowest BCUT2D eigenvalue weighted by Crippen LogP contribution is -2.06. The first kappa shape index (κ1) is 12.1. The highest BCUT2D eigenvalue weighted by Crippen LogP contribution is 2.24. The van der Waals surface area contributed by atoms with Crippen molar-refractivity contribution in [3.8, 4) is 0 Å². The van der Waals surface area contributed by atoms with E-state index in [9.17, 15) is 4.39 Å². The van der Waals surface area contributed by atoms with Gasteiger partial charge in [-0.25, -0.2) is 8.91 Å². The van der Waals surface area contributed by atoms with Gasteiger partial charge in [0.1, 0.15) is 5.82 Å². The summed E-state index contributed by atoms with van der Waals surface area (Å²) in [6.07, 6.45) is 1.31. The molecular formula is C13H13FN4S. The normalized spacial score (nSPS) is 12.8. The third kappa shape index (κ3) is 2.44. The van der Waals surface area contributed by atoms with Crippen LogP contribution in [-0.2, 0) is 0 Å². The Labute approximate surface area is 113 Å². The van der Waals surface area contributed by atoms with Crippen molar-refractivity contribution in [3.63, 3.8) is 0 Å². The average Bonchev–Trinajstić information content (AvgIpc) is 2.94. The van der Waals surface area contributed by atoms with E-state index in [0.717, 1.165) is 0 Å². The number of rotatable bonds is 3. The molecule has 0 aliphatic heterocycles. The van der Waals surface area contributed by atoms with Crippen molar-refractivity contribution in [1.29, 1.82) is 0 Å². The van der Waals surface area contributed by atoms with E-state index in [1.165, 1.54) is 26.5 Å². The van der Waals surface area contributed by atoms with Crippen LogP contribution in [0.4, 0.5) is 10.3 Å². The van der Waals surface area contributed by atoms with Crippen molar-refractivity contribution in [2.45, 2.75) is 19.9 Å². The zero-order chi connectivity index (χ0) is 13.4. The van der Waals surface area contributed by atoms with Gasteiger partial charge in [-0.1, -0.05) is 0 Å². The second kappa shape index (κ2) is 4.62. The van der Waals surface area contributed by atoms with E-state index in [0.29, 0.717) is 11.6 Å². The molecule has 4 nitrogen and oxygen atoms in total. The number of hydrogen-bond acceptors (Lipinski definition) is 4. The molecule has 6 heteroatoms. The maximum absolute atomic E-state index is 13.1. The number of aromatic nitrogens is 3. The minimum atomic E-state index is -0.328. The number of halogens is 1. The molecule has 19 heavy (non-hydrogen) atoms. The Hall–Kier alpha value is -1.95. The minimum Gasteiger partial charge on any atom is -0.346 e. The largest absolute Gasteiger partial charge is 0.346 e. The van der Waals surface area contributed by atoms with Crippen LogP contribution in [0.5, 0.6) is 0 Å². The van der Waals surface area contributed by atoms with Gasteiger partial charge in [-0.2, -0.15) is 4.98 Å². The summed E-state index contributed by atoms with van der Waals surface area (Å²) in [5.41, 5.74) is 0.624. The van der Waals surface area contributed by atoms with E-state index in [1.54, 1.807) is 17.4 Å². The first-order valence-corrected chi connectivity index (χ1v) is 6.78. The molecule has 0 aliphatic rings. The van der Waals surface area contributed by atoms with E-state index < -0.39 is 0 Å². The third-order valence-electron chi connectivity index (χ3n) is 2.83. The van der Waals surface area contributed by atoms with Crippen LogP contribution in [0.1, 0.15) is 22.7 Å². The summed E-state index contributed by atoms with van der Waals surface area (Å²) < 4.78 is 14.5. The smallest absolute Gasteiger partial charge is 0.243 e. The molecule has 0 aliphatic carbocycles.